The van der Waals surface area contributed by atoms with Gasteiger partial charge in [-0.25, -0.2) is 4.79 Å². The molecule has 1 N–H and O–H groups in total. The Kier molecular flexibility index (Phi) is 4.93. The Hall–Kier alpha value is -2.36. The van der Waals surface area contributed by atoms with Crippen LogP contribution in [0.5, 0.6) is 0 Å². The highest BCUT2D eigenvalue weighted by molar-refractivity contribution is 6.05. The van der Waals surface area contributed by atoms with Crippen molar-refractivity contribution in [1.82, 2.24) is 5.32 Å². The number of rotatable bonds is 5. The topological polar surface area (TPSA) is 55.4 Å². The van der Waals surface area contributed by atoms with E-state index < -0.39 is 12.1 Å². The van der Waals surface area contributed by atoms with Gasteiger partial charge in [0.2, 0.25) is 0 Å². The van der Waals surface area contributed by atoms with E-state index in [4.69, 9.17) is 4.74 Å². The third kappa shape index (κ3) is 3.60. The molecule has 1 atom stereocenters. The summed E-state index contributed by atoms with van der Waals surface area (Å²) in [5.41, 5.74) is 0.475. The quantitative estimate of drug-likeness (QED) is 0.859. The summed E-state index contributed by atoms with van der Waals surface area (Å²) >= 11 is 0. The Morgan fingerprint density at radius 3 is 2.62 bits per heavy atom. The van der Waals surface area contributed by atoms with Crippen LogP contribution in [-0.4, -0.2) is 24.5 Å². The van der Waals surface area contributed by atoms with Gasteiger partial charge in [0.05, 0.1) is 5.56 Å². The summed E-state index contributed by atoms with van der Waals surface area (Å²) in [6, 6.07) is 13.0. The van der Waals surface area contributed by atoms with Crippen molar-refractivity contribution in [3.63, 3.8) is 0 Å². The molecule has 2 aromatic carbocycles. The maximum atomic E-state index is 12.2. The van der Waals surface area contributed by atoms with Gasteiger partial charge in [-0.05, 0) is 30.2 Å². The van der Waals surface area contributed by atoms with E-state index in [2.05, 4.69) is 5.32 Å². The SMILES string of the molecule is CCCNC(=O)C(C)OC(=O)c1cccc2ccccc12. The van der Waals surface area contributed by atoms with Crippen LogP contribution in [0.1, 0.15) is 30.6 Å². The summed E-state index contributed by atoms with van der Waals surface area (Å²) in [4.78, 5) is 24.0. The summed E-state index contributed by atoms with van der Waals surface area (Å²) in [7, 11) is 0. The number of nitrogens with one attached hydrogen (secondary N) is 1. The molecule has 2 rings (SSSR count). The Balaban J connectivity index is 2.14. The molecule has 4 nitrogen and oxygen atoms in total. The number of esters is 1. The Morgan fingerprint density at radius 1 is 1.14 bits per heavy atom. The predicted octanol–water partition coefficient (Wildman–Crippen LogP) is 2.91. The Morgan fingerprint density at radius 2 is 1.86 bits per heavy atom. The number of ether oxygens (including phenoxy) is 1. The third-order valence-electron chi connectivity index (χ3n) is 3.21. The average Bonchev–Trinajstić information content (AvgIpc) is 2.51. The fourth-order valence-electron chi connectivity index (χ4n) is 2.07. The molecule has 0 aliphatic carbocycles. The van der Waals surface area contributed by atoms with Crippen molar-refractivity contribution in [2.75, 3.05) is 6.54 Å². The number of fused-ring (bicyclic) bond motifs is 1. The summed E-state index contributed by atoms with van der Waals surface area (Å²) in [6.45, 7) is 4.12. The number of hydrogen-bond donors (Lipinski definition) is 1. The Labute approximate surface area is 124 Å². The highest BCUT2D eigenvalue weighted by Crippen LogP contribution is 2.19. The molecule has 1 amide bonds. The number of amides is 1. The van der Waals surface area contributed by atoms with E-state index in [9.17, 15) is 9.59 Å². The molecule has 1 unspecified atom stereocenters. The number of carbonyl (C=O) groups excluding carboxylic acids is 2. The first-order valence-electron chi connectivity index (χ1n) is 7.10. The van der Waals surface area contributed by atoms with E-state index in [1.54, 1.807) is 19.1 Å². The average molecular weight is 285 g/mol. The Bertz CT molecular complexity index is 646. The lowest BCUT2D eigenvalue weighted by Gasteiger charge is -2.14. The highest BCUT2D eigenvalue weighted by Gasteiger charge is 2.19. The first-order valence-corrected chi connectivity index (χ1v) is 7.10. The van der Waals surface area contributed by atoms with E-state index in [0.717, 1.165) is 17.2 Å². The van der Waals surface area contributed by atoms with E-state index in [1.165, 1.54) is 0 Å². The number of carbonyl (C=O) groups is 2. The molecule has 2 aromatic rings. The second-order valence-electron chi connectivity index (χ2n) is 4.87. The van der Waals surface area contributed by atoms with Gasteiger partial charge in [0.25, 0.3) is 5.91 Å². The molecule has 0 spiro atoms. The molecule has 0 bridgehead atoms. The van der Waals surface area contributed by atoms with Crippen LogP contribution in [-0.2, 0) is 9.53 Å². The van der Waals surface area contributed by atoms with Crippen molar-refractivity contribution >= 4 is 22.6 Å². The van der Waals surface area contributed by atoms with Gasteiger partial charge in [0.1, 0.15) is 0 Å². The maximum Gasteiger partial charge on any atom is 0.339 e. The molecule has 0 radical (unpaired) electrons. The van der Waals surface area contributed by atoms with Gasteiger partial charge >= 0.3 is 5.97 Å². The van der Waals surface area contributed by atoms with Gasteiger partial charge in [-0.1, -0.05) is 43.3 Å². The summed E-state index contributed by atoms with van der Waals surface area (Å²) in [5, 5.41) is 4.50. The zero-order chi connectivity index (χ0) is 15.2. The van der Waals surface area contributed by atoms with Gasteiger partial charge in [0, 0.05) is 6.54 Å². The van der Waals surface area contributed by atoms with Crippen LogP contribution < -0.4 is 5.32 Å². The van der Waals surface area contributed by atoms with Gasteiger partial charge in [0.15, 0.2) is 6.10 Å². The van der Waals surface area contributed by atoms with Gasteiger partial charge in [-0.3, -0.25) is 4.79 Å². The van der Waals surface area contributed by atoms with Gasteiger partial charge < -0.3 is 10.1 Å². The first kappa shape index (κ1) is 15.0. The predicted molar refractivity (Wildman–Crippen MR) is 82.1 cm³/mol. The molecule has 21 heavy (non-hydrogen) atoms. The lowest BCUT2D eigenvalue weighted by atomic mass is 10.0. The molecular weight excluding hydrogens is 266 g/mol. The summed E-state index contributed by atoms with van der Waals surface area (Å²) in [5.74, 6) is -0.753. The van der Waals surface area contributed by atoms with Crippen LogP contribution in [0.25, 0.3) is 10.8 Å². The van der Waals surface area contributed by atoms with Crippen LogP contribution in [0.15, 0.2) is 42.5 Å². The monoisotopic (exact) mass is 285 g/mol. The summed E-state index contributed by atoms with van der Waals surface area (Å²) in [6.07, 6.45) is 0.0402. The molecule has 0 fully saturated rings. The van der Waals surface area contributed by atoms with E-state index in [0.29, 0.717) is 12.1 Å². The first-order chi connectivity index (χ1) is 10.1. The fraction of sp³-hybridized carbons (Fsp3) is 0.294. The standard InChI is InChI=1S/C17H19NO3/c1-3-11-18-16(19)12(2)21-17(20)15-10-6-8-13-7-4-5-9-14(13)15/h4-10,12H,3,11H2,1-2H3,(H,18,19). The van der Waals surface area contributed by atoms with E-state index in [1.807, 2.05) is 37.3 Å². The van der Waals surface area contributed by atoms with Crippen molar-refractivity contribution in [2.45, 2.75) is 26.4 Å². The zero-order valence-electron chi connectivity index (χ0n) is 12.3. The molecular formula is C17H19NO3. The van der Waals surface area contributed by atoms with Crippen LogP contribution in [0.4, 0.5) is 0 Å². The van der Waals surface area contributed by atoms with Gasteiger partial charge in [-0.2, -0.15) is 0 Å². The highest BCUT2D eigenvalue weighted by atomic mass is 16.5. The molecule has 4 heteroatoms. The minimum Gasteiger partial charge on any atom is -0.449 e. The second kappa shape index (κ2) is 6.88. The van der Waals surface area contributed by atoms with Crippen molar-refractivity contribution in [3.8, 4) is 0 Å². The molecule has 0 saturated carbocycles. The molecule has 0 saturated heterocycles. The molecule has 0 heterocycles. The lowest BCUT2D eigenvalue weighted by Crippen LogP contribution is -2.36. The molecule has 0 aliphatic heterocycles. The normalized spacial score (nSPS) is 11.9. The van der Waals surface area contributed by atoms with E-state index in [-0.39, 0.29) is 5.91 Å². The number of benzene rings is 2. The maximum absolute atomic E-state index is 12.2. The number of hydrogen-bond acceptors (Lipinski definition) is 3. The lowest BCUT2D eigenvalue weighted by molar-refractivity contribution is -0.129. The van der Waals surface area contributed by atoms with Crippen LogP contribution in [0.3, 0.4) is 0 Å². The minimum absolute atomic E-state index is 0.273. The molecule has 110 valence electrons. The summed E-state index contributed by atoms with van der Waals surface area (Å²) < 4.78 is 5.25. The van der Waals surface area contributed by atoms with Crippen LogP contribution >= 0.6 is 0 Å². The van der Waals surface area contributed by atoms with Crippen LogP contribution in [0.2, 0.25) is 0 Å². The van der Waals surface area contributed by atoms with Gasteiger partial charge in [-0.15, -0.1) is 0 Å². The smallest absolute Gasteiger partial charge is 0.339 e. The molecule has 0 aliphatic rings. The van der Waals surface area contributed by atoms with Crippen LogP contribution in [0, 0.1) is 0 Å². The van der Waals surface area contributed by atoms with Crippen molar-refractivity contribution < 1.29 is 14.3 Å². The second-order valence-corrected chi connectivity index (χ2v) is 4.87. The van der Waals surface area contributed by atoms with Crippen molar-refractivity contribution in [3.05, 3.63) is 48.0 Å². The van der Waals surface area contributed by atoms with E-state index >= 15 is 0 Å². The largest absolute Gasteiger partial charge is 0.449 e. The fourth-order valence-corrected chi connectivity index (χ4v) is 2.07. The zero-order valence-corrected chi connectivity index (χ0v) is 12.3. The third-order valence-corrected chi connectivity index (χ3v) is 3.21. The molecule has 0 aromatic heterocycles. The minimum atomic E-state index is -0.803. The van der Waals surface area contributed by atoms with Crippen molar-refractivity contribution in [1.29, 1.82) is 0 Å². The van der Waals surface area contributed by atoms with Crippen molar-refractivity contribution in [2.24, 2.45) is 0 Å².